The number of urea groups is 2. The van der Waals surface area contributed by atoms with Crippen LogP contribution in [0.5, 0.6) is 11.5 Å². The average Bonchev–Trinajstić information content (AvgIpc) is 3.07. The molecule has 0 aliphatic rings. The van der Waals surface area contributed by atoms with E-state index in [2.05, 4.69) is 21.3 Å². The smallest absolute Gasteiger partial charge is 0.339 e. The lowest BCUT2D eigenvalue weighted by Crippen LogP contribution is -2.29. The number of anilines is 2. The molecule has 0 aliphatic heterocycles. The third-order valence-electron chi connectivity index (χ3n) is 7.05. The molecule has 0 radical (unpaired) electrons. The molecule has 5 aromatic carbocycles. The Kier molecular flexibility index (Phi) is 11.0. The molecule has 5 aromatic rings. The summed E-state index contributed by atoms with van der Waals surface area (Å²) >= 11 is 0. The Bertz CT molecular complexity index is 2090. The van der Waals surface area contributed by atoms with Gasteiger partial charge >= 0.3 is 32.3 Å². The van der Waals surface area contributed by atoms with E-state index in [9.17, 15) is 26.4 Å². The van der Waals surface area contributed by atoms with Crippen LogP contribution in [0, 0.1) is 13.8 Å². The zero-order chi connectivity index (χ0) is 35.7. The van der Waals surface area contributed by atoms with Crippen molar-refractivity contribution in [2.45, 2.75) is 36.7 Å². The lowest BCUT2D eigenvalue weighted by molar-refractivity contribution is 0.251. The highest BCUT2D eigenvalue weighted by atomic mass is 32.2. The highest BCUT2D eigenvalue weighted by Crippen LogP contribution is 2.24. The molecule has 0 aliphatic carbocycles. The molecule has 0 saturated carbocycles. The molecule has 4 amide bonds. The third kappa shape index (κ3) is 10.1. The van der Waals surface area contributed by atoms with Crippen LogP contribution in [0.15, 0.2) is 131 Å². The zero-order valence-electron chi connectivity index (χ0n) is 27.0. The Balaban J connectivity index is 1.10. The van der Waals surface area contributed by atoms with Crippen molar-refractivity contribution in [3.63, 3.8) is 0 Å². The van der Waals surface area contributed by atoms with Crippen LogP contribution < -0.4 is 29.6 Å². The van der Waals surface area contributed by atoms with Gasteiger partial charge < -0.3 is 29.6 Å². The highest BCUT2D eigenvalue weighted by Gasteiger charge is 2.18. The molecule has 258 valence electrons. The van der Waals surface area contributed by atoms with E-state index in [1.165, 1.54) is 48.5 Å². The van der Waals surface area contributed by atoms with Crippen molar-refractivity contribution < 1.29 is 34.8 Å². The van der Waals surface area contributed by atoms with E-state index in [1.807, 2.05) is 18.2 Å². The molecular weight excluding hydrogens is 681 g/mol. The second kappa shape index (κ2) is 15.6. The van der Waals surface area contributed by atoms with Gasteiger partial charge in [-0.15, -0.1) is 0 Å². The van der Waals surface area contributed by atoms with Crippen molar-refractivity contribution in [2.24, 2.45) is 0 Å². The number of hydrogen-bond acceptors (Lipinski definition) is 8. The number of carbonyl (C=O) groups is 2. The molecule has 0 spiro atoms. The topological polar surface area (TPSA) is 169 Å². The SMILES string of the molecule is Cc1cccc(S(=O)(=O)Oc2cccc(NC(=O)NCc3cccc(CNC(=O)Nc4cccc(OS(=O)(=O)c5cccc(C)c5)c4)c3)c2)c1. The second-order valence-corrected chi connectivity index (χ2v) is 14.3. The Labute approximate surface area is 290 Å². The Morgan fingerprint density at radius 2 is 0.920 bits per heavy atom. The van der Waals surface area contributed by atoms with Crippen molar-refractivity contribution >= 4 is 43.7 Å². The van der Waals surface area contributed by atoms with Crippen molar-refractivity contribution in [2.75, 3.05) is 10.6 Å². The van der Waals surface area contributed by atoms with Gasteiger partial charge in [0.1, 0.15) is 21.3 Å². The Morgan fingerprint density at radius 1 is 0.520 bits per heavy atom. The second-order valence-electron chi connectivity index (χ2n) is 11.2. The standard InChI is InChI=1S/C36H34N4O8S2/c1-25-8-3-16-33(18-25)49(43,44)47-31-14-6-12-29(21-31)39-35(41)37-23-27-10-5-11-28(20-27)24-38-36(42)40-30-13-7-15-32(22-30)48-50(45,46)34-17-4-9-26(2)19-34/h3-22H,23-24H2,1-2H3,(H2,37,39,41)(H2,38,40,42). The van der Waals surface area contributed by atoms with E-state index in [-0.39, 0.29) is 34.4 Å². The van der Waals surface area contributed by atoms with Gasteiger partial charge in [0.05, 0.1) is 0 Å². The normalized spacial score (nSPS) is 11.2. The lowest BCUT2D eigenvalue weighted by Gasteiger charge is -2.12. The van der Waals surface area contributed by atoms with E-state index < -0.39 is 32.3 Å². The van der Waals surface area contributed by atoms with Gasteiger partial charge in [-0.1, -0.05) is 60.7 Å². The summed E-state index contributed by atoms with van der Waals surface area (Å²) in [5.41, 5.74) is 3.73. The first kappa shape index (κ1) is 35.4. The van der Waals surface area contributed by atoms with Crippen LogP contribution in [0.1, 0.15) is 22.3 Å². The summed E-state index contributed by atoms with van der Waals surface area (Å²) in [6.45, 7) is 3.89. The Hall–Kier alpha value is -5.86. The van der Waals surface area contributed by atoms with E-state index in [0.29, 0.717) is 11.4 Å². The van der Waals surface area contributed by atoms with Crippen molar-refractivity contribution in [3.8, 4) is 11.5 Å². The van der Waals surface area contributed by atoms with E-state index in [0.717, 1.165) is 22.3 Å². The maximum Gasteiger partial charge on any atom is 0.339 e. The van der Waals surface area contributed by atoms with Gasteiger partial charge in [0, 0.05) is 36.6 Å². The minimum absolute atomic E-state index is 0.0243. The van der Waals surface area contributed by atoms with Gasteiger partial charge in [-0.3, -0.25) is 0 Å². The van der Waals surface area contributed by atoms with Crippen LogP contribution in [0.4, 0.5) is 21.0 Å². The monoisotopic (exact) mass is 714 g/mol. The minimum Gasteiger partial charge on any atom is -0.379 e. The Morgan fingerprint density at radius 3 is 1.34 bits per heavy atom. The maximum absolute atomic E-state index is 12.7. The summed E-state index contributed by atoms with van der Waals surface area (Å²) in [6.07, 6.45) is 0. The zero-order valence-corrected chi connectivity index (χ0v) is 28.7. The fraction of sp³-hybridized carbons (Fsp3) is 0.111. The number of carbonyl (C=O) groups excluding carboxylic acids is 2. The number of nitrogens with one attached hydrogen (secondary N) is 4. The highest BCUT2D eigenvalue weighted by molar-refractivity contribution is 7.87. The summed E-state index contributed by atoms with van der Waals surface area (Å²) in [5, 5.41) is 10.8. The van der Waals surface area contributed by atoms with Crippen molar-refractivity contribution in [3.05, 3.63) is 144 Å². The molecule has 5 rings (SSSR count). The molecule has 0 unspecified atom stereocenters. The van der Waals surface area contributed by atoms with E-state index in [1.54, 1.807) is 68.4 Å². The number of hydrogen-bond donors (Lipinski definition) is 4. The van der Waals surface area contributed by atoms with Crippen LogP contribution in [0.2, 0.25) is 0 Å². The van der Waals surface area contributed by atoms with Crippen molar-refractivity contribution in [1.82, 2.24) is 10.6 Å². The number of rotatable bonds is 12. The molecule has 50 heavy (non-hydrogen) atoms. The molecule has 4 N–H and O–H groups in total. The molecule has 0 fully saturated rings. The number of benzene rings is 5. The van der Waals surface area contributed by atoms with Gasteiger partial charge in [0.25, 0.3) is 0 Å². The van der Waals surface area contributed by atoms with Crippen molar-refractivity contribution in [1.29, 1.82) is 0 Å². The summed E-state index contributed by atoms with van der Waals surface area (Å²) < 4.78 is 61.2. The van der Waals surface area contributed by atoms with E-state index in [4.69, 9.17) is 8.37 Å². The minimum atomic E-state index is -4.06. The first-order valence-electron chi connectivity index (χ1n) is 15.2. The van der Waals surface area contributed by atoms with Gasteiger partial charge in [-0.05, 0) is 84.6 Å². The fourth-order valence-corrected chi connectivity index (χ4v) is 6.76. The van der Waals surface area contributed by atoms with Crippen LogP contribution >= 0.6 is 0 Å². The summed E-state index contributed by atoms with van der Waals surface area (Å²) in [5.74, 6) is 0.0845. The molecule has 0 heterocycles. The lowest BCUT2D eigenvalue weighted by atomic mass is 10.1. The number of amides is 4. The largest absolute Gasteiger partial charge is 0.379 e. The molecule has 12 nitrogen and oxygen atoms in total. The van der Waals surface area contributed by atoms with Gasteiger partial charge in [0.2, 0.25) is 0 Å². The summed E-state index contributed by atoms with van der Waals surface area (Å²) in [4.78, 5) is 25.3. The maximum atomic E-state index is 12.7. The predicted molar refractivity (Wildman–Crippen MR) is 189 cm³/mol. The third-order valence-corrected chi connectivity index (χ3v) is 9.54. The van der Waals surface area contributed by atoms with Crippen LogP contribution in [-0.2, 0) is 33.3 Å². The molecule has 0 bridgehead atoms. The van der Waals surface area contributed by atoms with Gasteiger partial charge in [-0.25, -0.2) is 9.59 Å². The summed E-state index contributed by atoms with van der Waals surface area (Å²) in [7, 11) is -8.12. The van der Waals surface area contributed by atoms with Crippen LogP contribution in [0.3, 0.4) is 0 Å². The van der Waals surface area contributed by atoms with Gasteiger partial charge in [-0.2, -0.15) is 16.8 Å². The van der Waals surface area contributed by atoms with Gasteiger partial charge in [0.15, 0.2) is 0 Å². The summed E-state index contributed by atoms with van der Waals surface area (Å²) in [6, 6.07) is 31.0. The number of aryl methyl sites for hydroxylation is 2. The quantitative estimate of drug-likeness (QED) is 0.106. The van der Waals surface area contributed by atoms with E-state index >= 15 is 0 Å². The predicted octanol–water partition coefficient (Wildman–Crippen LogP) is 6.48. The van der Waals surface area contributed by atoms with Crippen LogP contribution in [0.25, 0.3) is 0 Å². The fourth-order valence-electron chi connectivity index (χ4n) is 4.71. The molecular formula is C36H34N4O8S2. The molecule has 0 aromatic heterocycles. The average molecular weight is 715 g/mol. The first-order valence-corrected chi connectivity index (χ1v) is 18.1. The molecule has 0 atom stereocenters. The molecule has 14 heteroatoms. The first-order chi connectivity index (χ1) is 23.8. The van der Waals surface area contributed by atoms with Crippen LogP contribution in [-0.4, -0.2) is 28.9 Å². The molecule has 0 saturated heterocycles.